The van der Waals surface area contributed by atoms with Gasteiger partial charge in [0, 0.05) is 17.6 Å². The average Bonchev–Trinajstić information content (AvgIpc) is 2.74. The van der Waals surface area contributed by atoms with Crippen molar-refractivity contribution in [3.63, 3.8) is 0 Å². The molecule has 4 nitrogen and oxygen atoms in total. The summed E-state index contributed by atoms with van der Waals surface area (Å²) in [4.78, 5) is 27.9. The zero-order valence-electron chi connectivity index (χ0n) is 17.9. The Bertz CT molecular complexity index is 860. The summed E-state index contributed by atoms with van der Waals surface area (Å²) >= 11 is 5.97. The molecular formula is C25H31ClN2O2. The number of nitrogens with zero attached hydrogens (tertiary/aromatic N) is 1. The van der Waals surface area contributed by atoms with Crippen molar-refractivity contribution in [1.82, 2.24) is 10.2 Å². The molecule has 0 bridgehead atoms. The van der Waals surface area contributed by atoms with Gasteiger partial charge in [0.25, 0.3) is 0 Å². The van der Waals surface area contributed by atoms with E-state index >= 15 is 0 Å². The number of halogens is 1. The second-order valence-corrected chi connectivity index (χ2v) is 8.77. The normalized spacial score (nSPS) is 15.4. The maximum absolute atomic E-state index is 13.2. The van der Waals surface area contributed by atoms with Crippen molar-refractivity contribution >= 4 is 23.4 Å². The lowest BCUT2D eigenvalue weighted by molar-refractivity contribution is -0.140. The van der Waals surface area contributed by atoms with Gasteiger partial charge >= 0.3 is 0 Å². The molecule has 2 aromatic rings. The maximum Gasteiger partial charge on any atom is 0.242 e. The van der Waals surface area contributed by atoms with Gasteiger partial charge in [-0.25, -0.2) is 0 Å². The number of amides is 2. The number of benzene rings is 2. The van der Waals surface area contributed by atoms with Crippen molar-refractivity contribution in [2.24, 2.45) is 0 Å². The highest BCUT2D eigenvalue weighted by molar-refractivity contribution is 6.30. The molecule has 1 unspecified atom stereocenters. The Morgan fingerprint density at radius 2 is 1.77 bits per heavy atom. The molecule has 1 aliphatic rings. The Kier molecular flexibility index (Phi) is 7.92. The first-order chi connectivity index (χ1) is 14.4. The van der Waals surface area contributed by atoms with Crippen LogP contribution in [0.4, 0.5) is 0 Å². The second kappa shape index (κ2) is 10.6. The van der Waals surface area contributed by atoms with E-state index in [9.17, 15) is 9.59 Å². The number of nitrogens with one attached hydrogen (secondary N) is 1. The minimum absolute atomic E-state index is 0.0647. The third kappa shape index (κ3) is 6.33. The van der Waals surface area contributed by atoms with Gasteiger partial charge in [0.15, 0.2) is 0 Å². The summed E-state index contributed by atoms with van der Waals surface area (Å²) in [6.45, 7) is 4.27. The van der Waals surface area contributed by atoms with Gasteiger partial charge in [-0.2, -0.15) is 0 Å². The van der Waals surface area contributed by atoms with Crippen molar-refractivity contribution in [3.05, 3.63) is 70.2 Å². The van der Waals surface area contributed by atoms with Crippen LogP contribution in [-0.2, 0) is 22.6 Å². The monoisotopic (exact) mass is 426 g/mol. The molecule has 2 aromatic carbocycles. The van der Waals surface area contributed by atoms with Crippen LogP contribution < -0.4 is 5.32 Å². The van der Waals surface area contributed by atoms with Gasteiger partial charge in [-0.3, -0.25) is 9.59 Å². The predicted molar refractivity (Wildman–Crippen MR) is 121 cm³/mol. The van der Waals surface area contributed by atoms with Crippen LogP contribution in [0.25, 0.3) is 0 Å². The zero-order chi connectivity index (χ0) is 21.5. The van der Waals surface area contributed by atoms with Gasteiger partial charge in [0.2, 0.25) is 11.8 Å². The molecule has 3 rings (SSSR count). The lowest BCUT2D eigenvalue weighted by Crippen LogP contribution is -2.50. The van der Waals surface area contributed by atoms with Crippen molar-refractivity contribution in [2.45, 2.75) is 71.0 Å². The van der Waals surface area contributed by atoms with Crippen LogP contribution in [0.15, 0.2) is 48.5 Å². The fourth-order valence-corrected chi connectivity index (χ4v) is 4.16. The van der Waals surface area contributed by atoms with Crippen molar-refractivity contribution in [2.75, 3.05) is 0 Å². The van der Waals surface area contributed by atoms with Gasteiger partial charge in [-0.05, 0) is 49.9 Å². The zero-order valence-corrected chi connectivity index (χ0v) is 18.6. The number of rotatable bonds is 7. The molecule has 1 fully saturated rings. The summed E-state index contributed by atoms with van der Waals surface area (Å²) in [7, 11) is 0. The second-order valence-electron chi connectivity index (χ2n) is 8.33. The van der Waals surface area contributed by atoms with E-state index in [-0.39, 0.29) is 24.3 Å². The van der Waals surface area contributed by atoms with Gasteiger partial charge in [0.05, 0.1) is 6.42 Å². The van der Waals surface area contributed by atoms with Crippen LogP contribution >= 0.6 is 11.6 Å². The van der Waals surface area contributed by atoms with Crippen LogP contribution in [0, 0.1) is 6.92 Å². The minimum Gasteiger partial charge on any atom is -0.352 e. The summed E-state index contributed by atoms with van der Waals surface area (Å²) < 4.78 is 0. The molecule has 160 valence electrons. The number of hydrogen-bond acceptors (Lipinski definition) is 2. The lowest BCUT2D eigenvalue weighted by Gasteiger charge is -2.31. The van der Waals surface area contributed by atoms with E-state index in [1.54, 1.807) is 17.0 Å². The lowest BCUT2D eigenvalue weighted by atomic mass is 9.95. The van der Waals surface area contributed by atoms with Gasteiger partial charge < -0.3 is 10.2 Å². The SMILES string of the molecule is Cc1cccc(CN(C(=O)Cc2ccc(Cl)cc2)C(C)C(=O)NC2CCCCC2)c1. The number of hydrogen-bond donors (Lipinski definition) is 1. The molecule has 30 heavy (non-hydrogen) atoms. The standard InChI is InChI=1S/C25H31ClN2O2/c1-18-7-6-8-21(15-18)17-28(24(29)16-20-11-13-22(26)14-12-20)19(2)25(30)27-23-9-4-3-5-10-23/h6-8,11-15,19,23H,3-5,9-10,16-17H2,1-2H3,(H,27,30). The molecule has 0 spiro atoms. The molecule has 0 heterocycles. The maximum atomic E-state index is 13.2. The van der Waals surface area contributed by atoms with E-state index < -0.39 is 6.04 Å². The Morgan fingerprint density at radius 3 is 2.43 bits per heavy atom. The smallest absolute Gasteiger partial charge is 0.242 e. The molecule has 0 aromatic heterocycles. The summed E-state index contributed by atoms with van der Waals surface area (Å²) in [5.74, 6) is -0.135. The Balaban J connectivity index is 1.75. The van der Waals surface area contributed by atoms with Gasteiger partial charge in [-0.1, -0.05) is 72.8 Å². The Hall–Kier alpha value is -2.33. The topological polar surface area (TPSA) is 49.4 Å². The van der Waals surface area contributed by atoms with Crippen LogP contribution in [0.2, 0.25) is 5.02 Å². The van der Waals surface area contributed by atoms with Gasteiger partial charge in [0.1, 0.15) is 6.04 Å². The number of aryl methyl sites for hydroxylation is 1. The minimum atomic E-state index is -0.535. The summed E-state index contributed by atoms with van der Waals surface area (Å²) in [6, 6.07) is 15.1. The fraction of sp³-hybridized carbons (Fsp3) is 0.440. The molecule has 0 saturated heterocycles. The highest BCUT2D eigenvalue weighted by Gasteiger charge is 2.28. The van der Waals surface area contributed by atoms with Crippen molar-refractivity contribution in [3.8, 4) is 0 Å². The largest absolute Gasteiger partial charge is 0.352 e. The predicted octanol–water partition coefficient (Wildman–Crippen LogP) is 5.06. The molecule has 1 N–H and O–H groups in total. The van der Waals surface area contributed by atoms with E-state index in [0.717, 1.165) is 42.4 Å². The van der Waals surface area contributed by atoms with Crippen molar-refractivity contribution < 1.29 is 9.59 Å². The highest BCUT2D eigenvalue weighted by Crippen LogP contribution is 2.19. The van der Waals surface area contributed by atoms with Gasteiger partial charge in [-0.15, -0.1) is 0 Å². The first kappa shape index (κ1) is 22.4. The third-order valence-corrected chi connectivity index (χ3v) is 6.07. The fourth-order valence-electron chi connectivity index (χ4n) is 4.04. The van der Waals surface area contributed by atoms with Crippen LogP contribution in [0.5, 0.6) is 0 Å². The first-order valence-corrected chi connectivity index (χ1v) is 11.2. The average molecular weight is 427 g/mol. The molecule has 1 saturated carbocycles. The van der Waals surface area contributed by atoms with Crippen LogP contribution in [-0.4, -0.2) is 28.8 Å². The van der Waals surface area contributed by atoms with Crippen LogP contribution in [0.1, 0.15) is 55.7 Å². The first-order valence-electron chi connectivity index (χ1n) is 10.8. The summed E-state index contributed by atoms with van der Waals surface area (Å²) in [6.07, 6.45) is 5.83. The molecular weight excluding hydrogens is 396 g/mol. The number of carbonyl (C=O) groups is 2. The number of carbonyl (C=O) groups excluding carboxylic acids is 2. The van der Waals surface area contributed by atoms with Crippen LogP contribution in [0.3, 0.4) is 0 Å². The van der Waals surface area contributed by atoms with Crippen molar-refractivity contribution in [1.29, 1.82) is 0 Å². The molecule has 5 heteroatoms. The molecule has 1 aliphatic carbocycles. The van der Waals surface area contributed by atoms with E-state index in [4.69, 9.17) is 11.6 Å². The molecule has 0 radical (unpaired) electrons. The third-order valence-electron chi connectivity index (χ3n) is 5.82. The van der Waals surface area contributed by atoms with E-state index in [2.05, 4.69) is 11.4 Å². The van der Waals surface area contributed by atoms with E-state index in [0.29, 0.717) is 11.6 Å². The molecule has 0 aliphatic heterocycles. The summed E-state index contributed by atoms with van der Waals surface area (Å²) in [5.41, 5.74) is 3.05. The molecule has 1 atom stereocenters. The quantitative estimate of drug-likeness (QED) is 0.672. The Morgan fingerprint density at radius 1 is 1.07 bits per heavy atom. The molecule has 2 amide bonds. The summed E-state index contributed by atoms with van der Waals surface area (Å²) in [5, 5.41) is 3.81. The van der Waals surface area contributed by atoms with E-state index in [1.807, 2.05) is 44.2 Å². The van der Waals surface area contributed by atoms with E-state index in [1.165, 1.54) is 6.42 Å². The Labute approximate surface area is 184 Å². The highest BCUT2D eigenvalue weighted by atomic mass is 35.5.